The molecule has 1 aromatic carbocycles. The number of halogens is 1. The highest BCUT2D eigenvalue weighted by Crippen LogP contribution is 2.21. The van der Waals surface area contributed by atoms with Crippen LogP contribution in [0.25, 0.3) is 0 Å². The van der Waals surface area contributed by atoms with Gasteiger partial charge in [-0.15, -0.1) is 0 Å². The number of aliphatic hydroxyl groups excluding tert-OH is 1. The number of benzene rings is 1. The molecule has 0 bridgehead atoms. The maximum absolute atomic E-state index is 12.5. The van der Waals surface area contributed by atoms with E-state index >= 15 is 0 Å². The number of carbonyl (C=O) groups is 1. The molecule has 0 aliphatic carbocycles. The van der Waals surface area contributed by atoms with Gasteiger partial charge in [0.25, 0.3) is 5.91 Å². The van der Waals surface area contributed by atoms with E-state index < -0.39 is 0 Å². The van der Waals surface area contributed by atoms with Crippen molar-refractivity contribution in [3.05, 3.63) is 59.0 Å². The molecule has 3 rings (SSSR count). The van der Waals surface area contributed by atoms with E-state index in [0.717, 1.165) is 25.9 Å². The fourth-order valence-corrected chi connectivity index (χ4v) is 3.11. The second kappa shape index (κ2) is 6.44. The second-order valence-electron chi connectivity index (χ2n) is 5.70. The quantitative estimate of drug-likeness (QED) is 0.910. The summed E-state index contributed by atoms with van der Waals surface area (Å²) in [6.07, 6.45) is 7.43. The van der Waals surface area contributed by atoms with E-state index in [-0.39, 0.29) is 5.91 Å². The lowest BCUT2D eigenvalue weighted by molar-refractivity contribution is 0.0658. The van der Waals surface area contributed by atoms with E-state index in [0.29, 0.717) is 28.9 Å². The zero-order chi connectivity index (χ0) is 15.5. The Morgan fingerprint density at radius 1 is 1.18 bits per heavy atom. The van der Waals surface area contributed by atoms with Crippen molar-refractivity contribution in [2.45, 2.75) is 18.9 Å². The summed E-state index contributed by atoms with van der Waals surface area (Å²) in [5.41, 5.74) is 0.682. The van der Waals surface area contributed by atoms with Crippen LogP contribution in [0.15, 0.2) is 48.4 Å². The fourth-order valence-electron chi connectivity index (χ4n) is 2.98. The molecule has 4 nitrogen and oxygen atoms in total. The summed E-state index contributed by atoms with van der Waals surface area (Å²) in [7, 11) is 0. The Labute approximate surface area is 135 Å². The third-order valence-corrected chi connectivity index (χ3v) is 4.47. The molecule has 1 N–H and O–H groups in total. The Bertz CT molecular complexity index is 602. The predicted molar refractivity (Wildman–Crippen MR) is 86.9 cm³/mol. The van der Waals surface area contributed by atoms with Crippen LogP contribution in [0.2, 0.25) is 5.02 Å². The third kappa shape index (κ3) is 3.28. The Balaban J connectivity index is 1.57. The summed E-state index contributed by atoms with van der Waals surface area (Å²) in [5.74, 6) is 0.453. The maximum atomic E-state index is 12.5. The molecule has 0 saturated carbocycles. The Morgan fingerprint density at radius 2 is 1.86 bits per heavy atom. The molecule has 0 radical (unpaired) electrons. The molecular weight excluding hydrogens is 300 g/mol. The van der Waals surface area contributed by atoms with Crippen molar-refractivity contribution >= 4 is 17.5 Å². The standard InChI is InChI=1S/C17H19ClN2O2/c18-14-5-3-13(4-6-14)17(22)19-10-7-15(8-11-19)20-9-1-2-16(21)12-20/h1-6,9,15,21H,7-8,10-12H2. The minimum atomic E-state index is 0.0621. The van der Waals surface area contributed by atoms with E-state index in [4.69, 9.17) is 11.6 Å². The molecule has 22 heavy (non-hydrogen) atoms. The van der Waals surface area contributed by atoms with Crippen LogP contribution >= 0.6 is 11.6 Å². The molecule has 0 atom stereocenters. The zero-order valence-electron chi connectivity index (χ0n) is 12.3. The normalized spacial score (nSPS) is 19.2. The summed E-state index contributed by atoms with van der Waals surface area (Å²) in [5, 5.41) is 10.3. The van der Waals surface area contributed by atoms with Gasteiger partial charge in [0.2, 0.25) is 0 Å². The first kappa shape index (κ1) is 15.0. The minimum absolute atomic E-state index is 0.0621. The van der Waals surface area contributed by atoms with Crippen molar-refractivity contribution < 1.29 is 9.90 Å². The van der Waals surface area contributed by atoms with Gasteiger partial charge in [-0.1, -0.05) is 11.6 Å². The average molecular weight is 319 g/mol. The van der Waals surface area contributed by atoms with Gasteiger partial charge in [0.15, 0.2) is 0 Å². The minimum Gasteiger partial charge on any atom is -0.510 e. The maximum Gasteiger partial charge on any atom is 0.253 e. The molecule has 1 fully saturated rings. The first-order valence-corrected chi connectivity index (χ1v) is 7.88. The highest BCUT2D eigenvalue weighted by atomic mass is 35.5. The number of likely N-dealkylation sites (tertiary alicyclic amines) is 1. The first-order chi connectivity index (χ1) is 10.6. The van der Waals surface area contributed by atoms with Crippen molar-refractivity contribution in [2.24, 2.45) is 0 Å². The largest absolute Gasteiger partial charge is 0.510 e. The topological polar surface area (TPSA) is 43.8 Å². The molecule has 0 spiro atoms. The van der Waals surface area contributed by atoms with Gasteiger partial charge >= 0.3 is 0 Å². The number of amides is 1. The van der Waals surface area contributed by atoms with Crippen LogP contribution < -0.4 is 0 Å². The van der Waals surface area contributed by atoms with Crippen LogP contribution in [0, 0.1) is 0 Å². The molecule has 2 aliphatic heterocycles. The van der Waals surface area contributed by atoms with E-state index in [1.54, 1.807) is 30.3 Å². The molecule has 1 amide bonds. The van der Waals surface area contributed by atoms with Gasteiger partial charge in [-0.25, -0.2) is 0 Å². The molecule has 0 unspecified atom stereocenters. The lowest BCUT2D eigenvalue weighted by Gasteiger charge is -2.38. The van der Waals surface area contributed by atoms with Gasteiger partial charge in [-0.2, -0.15) is 0 Å². The number of carbonyl (C=O) groups excluding carboxylic acids is 1. The molecule has 1 saturated heterocycles. The van der Waals surface area contributed by atoms with Crippen molar-refractivity contribution in [3.63, 3.8) is 0 Å². The SMILES string of the molecule is O=C(c1ccc(Cl)cc1)N1CCC(N2C=CC=C(O)C2)CC1. The second-order valence-corrected chi connectivity index (χ2v) is 6.14. The zero-order valence-corrected chi connectivity index (χ0v) is 13.0. The summed E-state index contributed by atoms with van der Waals surface area (Å²) in [6.45, 7) is 2.04. The smallest absolute Gasteiger partial charge is 0.253 e. The molecule has 2 aliphatic rings. The summed E-state index contributed by atoms with van der Waals surface area (Å²) in [6, 6.07) is 7.41. The summed E-state index contributed by atoms with van der Waals surface area (Å²) in [4.78, 5) is 16.5. The number of piperidine rings is 1. The van der Waals surface area contributed by atoms with E-state index in [1.165, 1.54) is 0 Å². The fraction of sp³-hybridized carbons (Fsp3) is 0.353. The van der Waals surface area contributed by atoms with Crippen LogP contribution in [0.3, 0.4) is 0 Å². The highest BCUT2D eigenvalue weighted by molar-refractivity contribution is 6.30. The number of nitrogens with zero attached hydrogens (tertiary/aromatic N) is 2. The Kier molecular flexibility index (Phi) is 4.39. The van der Waals surface area contributed by atoms with Crippen molar-refractivity contribution in [1.29, 1.82) is 0 Å². The summed E-state index contributed by atoms with van der Waals surface area (Å²) < 4.78 is 0. The van der Waals surface area contributed by atoms with Crippen LogP contribution in [0.1, 0.15) is 23.2 Å². The molecule has 0 aromatic heterocycles. The van der Waals surface area contributed by atoms with Crippen molar-refractivity contribution in [1.82, 2.24) is 9.80 Å². The van der Waals surface area contributed by atoms with Crippen LogP contribution in [0.4, 0.5) is 0 Å². The molecule has 2 heterocycles. The first-order valence-electron chi connectivity index (χ1n) is 7.50. The van der Waals surface area contributed by atoms with Crippen molar-refractivity contribution in [2.75, 3.05) is 19.6 Å². The number of hydrogen-bond donors (Lipinski definition) is 1. The van der Waals surface area contributed by atoms with Gasteiger partial charge in [-0.3, -0.25) is 4.79 Å². The van der Waals surface area contributed by atoms with Gasteiger partial charge in [-0.05, 0) is 55.5 Å². The molecule has 116 valence electrons. The predicted octanol–water partition coefficient (Wildman–Crippen LogP) is 3.22. The number of hydrogen-bond acceptors (Lipinski definition) is 3. The monoisotopic (exact) mass is 318 g/mol. The number of rotatable bonds is 2. The van der Waals surface area contributed by atoms with Gasteiger partial charge in [0.05, 0.1) is 6.54 Å². The van der Waals surface area contributed by atoms with Gasteiger partial charge < -0.3 is 14.9 Å². The third-order valence-electron chi connectivity index (χ3n) is 4.22. The van der Waals surface area contributed by atoms with E-state index in [1.807, 2.05) is 17.2 Å². The van der Waals surface area contributed by atoms with Crippen LogP contribution in [-0.4, -0.2) is 46.5 Å². The van der Waals surface area contributed by atoms with Crippen LogP contribution in [0.5, 0.6) is 0 Å². The summed E-state index contributed by atoms with van der Waals surface area (Å²) >= 11 is 5.86. The van der Waals surface area contributed by atoms with E-state index in [2.05, 4.69) is 4.90 Å². The Hall–Kier alpha value is -1.94. The Morgan fingerprint density at radius 3 is 2.50 bits per heavy atom. The number of allylic oxidation sites excluding steroid dienone is 2. The number of aliphatic hydroxyl groups is 1. The molecule has 1 aromatic rings. The lowest BCUT2D eigenvalue weighted by atomic mass is 10.0. The van der Waals surface area contributed by atoms with Crippen LogP contribution in [-0.2, 0) is 0 Å². The van der Waals surface area contributed by atoms with Gasteiger partial charge in [0.1, 0.15) is 5.76 Å². The van der Waals surface area contributed by atoms with Crippen molar-refractivity contribution in [3.8, 4) is 0 Å². The lowest BCUT2D eigenvalue weighted by Crippen LogP contribution is -2.45. The average Bonchev–Trinajstić information content (AvgIpc) is 2.55. The molecule has 5 heteroatoms. The molecular formula is C17H19ClN2O2. The highest BCUT2D eigenvalue weighted by Gasteiger charge is 2.27. The van der Waals surface area contributed by atoms with Gasteiger partial charge in [0, 0.05) is 29.7 Å². The van der Waals surface area contributed by atoms with E-state index in [9.17, 15) is 9.90 Å².